The van der Waals surface area contributed by atoms with Gasteiger partial charge in [0.05, 0.1) is 16.2 Å². The van der Waals surface area contributed by atoms with E-state index in [4.69, 9.17) is 11.6 Å². The van der Waals surface area contributed by atoms with Gasteiger partial charge in [0, 0.05) is 16.7 Å². The van der Waals surface area contributed by atoms with Gasteiger partial charge in [-0.3, -0.25) is 30.0 Å². The Bertz CT molecular complexity index is 776. The van der Waals surface area contributed by atoms with Crippen molar-refractivity contribution in [3.05, 3.63) is 68.5 Å². The molecule has 1 heterocycles. The van der Waals surface area contributed by atoms with Crippen LogP contribution >= 0.6 is 11.6 Å². The summed E-state index contributed by atoms with van der Waals surface area (Å²) in [5.74, 6) is -1.42. The number of rotatable bonds is 3. The Hall–Kier alpha value is -2.80. The molecule has 8 heteroatoms. The molecule has 0 fully saturated rings. The summed E-state index contributed by atoms with van der Waals surface area (Å²) in [5.41, 5.74) is 0.120. The Morgan fingerprint density at radius 1 is 1.27 bits per heavy atom. The lowest BCUT2D eigenvalue weighted by atomic mass is 10.1. The zero-order chi connectivity index (χ0) is 16.3. The lowest BCUT2D eigenvalue weighted by molar-refractivity contribution is -0.385. The predicted octanol–water partition coefficient (Wildman–Crippen LogP) is 2.52. The number of imide groups is 1. The molecule has 1 aromatic heterocycles. The van der Waals surface area contributed by atoms with Crippen molar-refractivity contribution >= 4 is 29.1 Å². The Morgan fingerprint density at radius 3 is 2.64 bits per heavy atom. The number of hydrogen-bond acceptors (Lipinski definition) is 5. The van der Waals surface area contributed by atoms with Crippen LogP contribution in [0.2, 0.25) is 5.02 Å². The minimum absolute atomic E-state index is 0.0374. The maximum atomic E-state index is 12.1. The average Bonchev–Trinajstić information content (AvgIpc) is 2.47. The van der Waals surface area contributed by atoms with E-state index in [1.54, 1.807) is 12.1 Å². The summed E-state index contributed by atoms with van der Waals surface area (Å²) in [4.78, 5) is 37.9. The first kappa shape index (κ1) is 15.6. The Labute approximate surface area is 130 Å². The Balaban J connectivity index is 2.24. The molecule has 2 amide bonds. The molecule has 0 aliphatic carbocycles. The monoisotopic (exact) mass is 319 g/mol. The number of nitro groups is 1. The molecule has 1 aromatic carbocycles. The summed E-state index contributed by atoms with van der Waals surface area (Å²) >= 11 is 5.77. The van der Waals surface area contributed by atoms with Crippen molar-refractivity contribution in [1.29, 1.82) is 0 Å². The van der Waals surface area contributed by atoms with E-state index >= 15 is 0 Å². The van der Waals surface area contributed by atoms with E-state index in [0.29, 0.717) is 5.02 Å². The molecule has 0 radical (unpaired) electrons. The SMILES string of the molecule is Cc1ncc([N+](=O)[O-])cc1C(=O)NC(=O)c1cccc(Cl)c1. The largest absolute Gasteiger partial charge is 0.288 e. The maximum Gasteiger partial charge on any atom is 0.288 e. The minimum Gasteiger partial charge on any atom is -0.288 e. The fourth-order valence-electron chi connectivity index (χ4n) is 1.72. The van der Waals surface area contributed by atoms with Crippen LogP contribution in [0.3, 0.4) is 0 Å². The number of benzene rings is 1. The summed E-state index contributed by atoms with van der Waals surface area (Å²) in [6, 6.07) is 7.13. The van der Waals surface area contributed by atoms with Gasteiger partial charge in [-0.2, -0.15) is 0 Å². The van der Waals surface area contributed by atoms with Gasteiger partial charge in [-0.15, -0.1) is 0 Å². The van der Waals surface area contributed by atoms with Crippen LogP contribution < -0.4 is 5.32 Å². The Kier molecular flexibility index (Phi) is 4.47. The Morgan fingerprint density at radius 2 is 2.00 bits per heavy atom. The fourth-order valence-corrected chi connectivity index (χ4v) is 1.91. The van der Waals surface area contributed by atoms with E-state index in [2.05, 4.69) is 10.3 Å². The zero-order valence-corrected chi connectivity index (χ0v) is 12.1. The molecular weight excluding hydrogens is 310 g/mol. The lowest BCUT2D eigenvalue weighted by Gasteiger charge is -2.06. The minimum atomic E-state index is -0.765. The molecule has 0 saturated heterocycles. The van der Waals surface area contributed by atoms with Gasteiger partial charge in [0.25, 0.3) is 17.5 Å². The molecule has 1 N–H and O–H groups in total. The third-order valence-electron chi connectivity index (χ3n) is 2.84. The van der Waals surface area contributed by atoms with Crippen molar-refractivity contribution in [1.82, 2.24) is 10.3 Å². The third kappa shape index (κ3) is 3.44. The molecule has 2 aromatic rings. The highest BCUT2D eigenvalue weighted by Crippen LogP contribution is 2.15. The normalized spacial score (nSPS) is 10.1. The van der Waals surface area contributed by atoms with Crippen LogP contribution in [-0.2, 0) is 0 Å². The van der Waals surface area contributed by atoms with Gasteiger partial charge in [0.15, 0.2) is 0 Å². The summed E-state index contributed by atoms with van der Waals surface area (Å²) in [7, 11) is 0. The summed E-state index contributed by atoms with van der Waals surface area (Å²) in [5, 5.41) is 13.2. The first-order valence-corrected chi connectivity index (χ1v) is 6.48. The maximum absolute atomic E-state index is 12.1. The number of pyridine rings is 1. The second-order valence-electron chi connectivity index (χ2n) is 4.38. The number of halogens is 1. The predicted molar refractivity (Wildman–Crippen MR) is 78.9 cm³/mol. The van der Waals surface area contributed by atoms with Gasteiger partial charge in [-0.05, 0) is 25.1 Å². The molecule has 0 spiro atoms. The van der Waals surface area contributed by atoms with Crippen molar-refractivity contribution in [2.75, 3.05) is 0 Å². The highest BCUT2D eigenvalue weighted by Gasteiger charge is 2.18. The third-order valence-corrected chi connectivity index (χ3v) is 3.08. The number of aryl methyl sites for hydroxylation is 1. The lowest BCUT2D eigenvalue weighted by Crippen LogP contribution is -2.31. The summed E-state index contributed by atoms with van der Waals surface area (Å²) in [6.07, 6.45) is 1.05. The van der Waals surface area contributed by atoms with Gasteiger partial charge in [0.1, 0.15) is 6.20 Å². The molecule has 0 saturated carbocycles. The summed E-state index contributed by atoms with van der Waals surface area (Å²) < 4.78 is 0. The second kappa shape index (κ2) is 6.31. The van der Waals surface area contributed by atoms with Crippen molar-refractivity contribution in [2.45, 2.75) is 6.92 Å². The molecule has 22 heavy (non-hydrogen) atoms. The number of amides is 2. The molecule has 2 rings (SSSR count). The second-order valence-corrected chi connectivity index (χ2v) is 4.81. The molecule has 0 unspecified atom stereocenters. The fraction of sp³-hybridized carbons (Fsp3) is 0.0714. The number of nitrogens with one attached hydrogen (secondary N) is 1. The van der Waals surface area contributed by atoms with Gasteiger partial charge >= 0.3 is 0 Å². The van der Waals surface area contributed by atoms with Crippen molar-refractivity contribution in [2.24, 2.45) is 0 Å². The molecule has 7 nitrogen and oxygen atoms in total. The average molecular weight is 320 g/mol. The number of carbonyl (C=O) groups is 2. The van der Waals surface area contributed by atoms with Gasteiger partial charge < -0.3 is 0 Å². The highest BCUT2D eigenvalue weighted by atomic mass is 35.5. The van der Waals surface area contributed by atoms with E-state index < -0.39 is 16.7 Å². The molecule has 0 aliphatic rings. The number of carbonyl (C=O) groups excluding carboxylic acids is 2. The molecular formula is C14H10ClN3O4. The van der Waals surface area contributed by atoms with Crippen molar-refractivity contribution in [3.8, 4) is 0 Å². The van der Waals surface area contributed by atoms with Crippen molar-refractivity contribution in [3.63, 3.8) is 0 Å². The van der Waals surface area contributed by atoms with E-state index in [1.807, 2.05) is 0 Å². The van der Waals surface area contributed by atoms with Crippen LogP contribution in [0.25, 0.3) is 0 Å². The zero-order valence-electron chi connectivity index (χ0n) is 11.4. The number of nitrogens with zero attached hydrogens (tertiary/aromatic N) is 2. The standard InChI is InChI=1S/C14H10ClN3O4/c1-8-12(6-11(7-16-8)18(21)22)14(20)17-13(19)9-3-2-4-10(15)5-9/h2-7H,1H3,(H,17,19,20). The summed E-state index contributed by atoms with van der Waals surface area (Å²) in [6.45, 7) is 1.52. The van der Waals surface area contributed by atoms with Crippen LogP contribution in [-0.4, -0.2) is 21.7 Å². The van der Waals surface area contributed by atoms with Crippen molar-refractivity contribution < 1.29 is 14.5 Å². The van der Waals surface area contributed by atoms with Gasteiger partial charge in [-0.1, -0.05) is 17.7 Å². The van der Waals surface area contributed by atoms with Gasteiger partial charge in [0.2, 0.25) is 0 Å². The van der Waals surface area contributed by atoms with Crippen LogP contribution in [0, 0.1) is 17.0 Å². The van der Waals surface area contributed by atoms with E-state index in [1.165, 1.54) is 19.1 Å². The number of aromatic nitrogens is 1. The van der Waals surface area contributed by atoms with E-state index in [9.17, 15) is 19.7 Å². The first-order chi connectivity index (χ1) is 10.4. The molecule has 0 aliphatic heterocycles. The van der Waals surface area contributed by atoms with Crippen LogP contribution in [0.4, 0.5) is 5.69 Å². The highest BCUT2D eigenvalue weighted by molar-refractivity contribution is 6.31. The van der Waals surface area contributed by atoms with Gasteiger partial charge in [-0.25, -0.2) is 0 Å². The molecule has 0 atom stereocenters. The van der Waals surface area contributed by atoms with E-state index in [0.717, 1.165) is 12.3 Å². The smallest absolute Gasteiger partial charge is 0.288 e. The first-order valence-electron chi connectivity index (χ1n) is 6.11. The number of hydrogen-bond donors (Lipinski definition) is 1. The molecule has 112 valence electrons. The topological polar surface area (TPSA) is 102 Å². The van der Waals surface area contributed by atoms with Crippen LogP contribution in [0.15, 0.2) is 36.5 Å². The quantitative estimate of drug-likeness (QED) is 0.532. The van der Waals surface area contributed by atoms with Crippen LogP contribution in [0.5, 0.6) is 0 Å². The van der Waals surface area contributed by atoms with Crippen LogP contribution in [0.1, 0.15) is 26.4 Å². The van der Waals surface area contributed by atoms with E-state index in [-0.39, 0.29) is 22.5 Å². The molecule has 0 bridgehead atoms.